The third-order valence-electron chi connectivity index (χ3n) is 4.28. The van der Waals surface area contributed by atoms with Gasteiger partial charge in [0.15, 0.2) is 0 Å². The van der Waals surface area contributed by atoms with Crippen LogP contribution in [0.2, 0.25) is 0 Å². The molecular weight excluding hydrogens is 242 g/mol. The number of carboxylic acids is 1. The van der Waals surface area contributed by atoms with Gasteiger partial charge in [-0.3, -0.25) is 9.88 Å². The van der Waals surface area contributed by atoms with E-state index in [0.717, 1.165) is 18.8 Å². The van der Waals surface area contributed by atoms with Crippen LogP contribution < -0.4 is 4.90 Å². The zero-order valence-corrected chi connectivity index (χ0v) is 11.1. The lowest BCUT2D eigenvalue weighted by Gasteiger charge is -2.44. The van der Waals surface area contributed by atoms with E-state index in [1.807, 2.05) is 6.07 Å². The molecule has 0 spiro atoms. The van der Waals surface area contributed by atoms with E-state index in [9.17, 15) is 9.90 Å². The molecule has 102 valence electrons. The Bertz CT molecular complexity index is 491. The Morgan fingerprint density at radius 2 is 2.32 bits per heavy atom. The number of carbonyl (C=O) groups is 1. The Balaban J connectivity index is 1.91. The monoisotopic (exact) mass is 261 g/mol. The van der Waals surface area contributed by atoms with Gasteiger partial charge in [0.05, 0.1) is 5.69 Å². The molecule has 2 unspecified atom stereocenters. The van der Waals surface area contributed by atoms with Gasteiger partial charge in [-0.2, -0.15) is 0 Å². The average Bonchev–Trinajstić information content (AvgIpc) is 2.84. The molecule has 1 N–H and O–H groups in total. The van der Waals surface area contributed by atoms with Gasteiger partial charge >= 0.3 is 5.97 Å². The summed E-state index contributed by atoms with van der Waals surface area (Å²) in [6, 6.07) is 2.74. The molecule has 0 amide bonds. The largest absolute Gasteiger partial charge is 0.478 e. The van der Waals surface area contributed by atoms with Gasteiger partial charge < -0.3 is 10.0 Å². The van der Waals surface area contributed by atoms with Crippen molar-refractivity contribution in [2.45, 2.75) is 31.8 Å². The molecular formula is C14H19N3O2. The van der Waals surface area contributed by atoms with Crippen LogP contribution in [0, 0.1) is 0 Å². The molecule has 19 heavy (non-hydrogen) atoms. The number of hydrogen-bond donors (Lipinski definition) is 1. The van der Waals surface area contributed by atoms with Crippen LogP contribution in [0.4, 0.5) is 5.69 Å². The van der Waals surface area contributed by atoms with Gasteiger partial charge in [0.25, 0.3) is 0 Å². The van der Waals surface area contributed by atoms with E-state index in [0.29, 0.717) is 17.6 Å². The van der Waals surface area contributed by atoms with Crippen molar-refractivity contribution in [3.63, 3.8) is 0 Å². The molecule has 1 aromatic rings. The van der Waals surface area contributed by atoms with Gasteiger partial charge in [0.1, 0.15) is 5.56 Å². The minimum atomic E-state index is -0.899. The number of aromatic nitrogens is 1. The lowest BCUT2D eigenvalue weighted by molar-refractivity contribution is 0.0696. The summed E-state index contributed by atoms with van der Waals surface area (Å²) in [5, 5.41) is 9.29. The van der Waals surface area contributed by atoms with E-state index >= 15 is 0 Å². The predicted molar refractivity (Wildman–Crippen MR) is 72.6 cm³/mol. The molecule has 3 rings (SSSR count). The highest BCUT2D eigenvalue weighted by Crippen LogP contribution is 2.30. The molecule has 2 fully saturated rings. The maximum atomic E-state index is 11.3. The third-order valence-corrected chi connectivity index (χ3v) is 4.28. The summed E-state index contributed by atoms with van der Waals surface area (Å²) in [6.45, 7) is 5.29. The molecule has 2 saturated heterocycles. The average molecular weight is 261 g/mol. The van der Waals surface area contributed by atoms with Crippen LogP contribution in [0.5, 0.6) is 0 Å². The second-order valence-electron chi connectivity index (χ2n) is 5.49. The Labute approximate surface area is 112 Å². The maximum absolute atomic E-state index is 11.3. The predicted octanol–water partition coefficient (Wildman–Crippen LogP) is 1.45. The SMILES string of the molecule is CC1CN2CCCC2CN1c1ccncc1C(=O)O. The fraction of sp³-hybridized carbons (Fsp3) is 0.571. The smallest absolute Gasteiger partial charge is 0.339 e. The summed E-state index contributed by atoms with van der Waals surface area (Å²) in [4.78, 5) is 20.0. The minimum Gasteiger partial charge on any atom is -0.478 e. The van der Waals surface area contributed by atoms with Crippen LogP contribution in [0.25, 0.3) is 0 Å². The minimum absolute atomic E-state index is 0.306. The number of fused-ring (bicyclic) bond motifs is 1. The number of piperazine rings is 1. The quantitative estimate of drug-likeness (QED) is 0.873. The number of aromatic carboxylic acids is 1. The zero-order chi connectivity index (χ0) is 13.4. The van der Waals surface area contributed by atoms with Gasteiger partial charge in [0.2, 0.25) is 0 Å². The molecule has 5 heteroatoms. The number of hydrogen-bond acceptors (Lipinski definition) is 4. The van der Waals surface area contributed by atoms with Crippen molar-refractivity contribution < 1.29 is 9.90 Å². The van der Waals surface area contributed by atoms with Gasteiger partial charge in [0, 0.05) is 37.6 Å². The summed E-state index contributed by atoms with van der Waals surface area (Å²) in [7, 11) is 0. The highest BCUT2D eigenvalue weighted by Gasteiger charge is 2.35. The number of carboxylic acid groups (broad SMARTS) is 1. The summed E-state index contributed by atoms with van der Waals surface area (Å²) in [5.41, 5.74) is 1.11. The van der Waals surface area contributed by atoms with E-state index < -0.39 is 5.97 Å². The third kappa shape index (κ3) is 2.18. The first-order chi connectivity index (χ1) is 9.16. The molecule has 1 aromatic heterocycles. The first-order valence-electron chi connectivity index (χ1n) is 6.85. The lowest BCUT2D eigenvalue weighted by Crippen LogP contribution is -2.55. The second kappa shape index (κ2) is 4.81. The number of nitrogens with zero attached hydrogens (tertiary/aromatic N) is 3. The Morgan fingerprint density at radius 3 is 3.11 bits per heavy atom. The summed E-state index contributed by atoms with van der Waals surface area (Å²) >= 11 is 0. The van der Waals surface area contributed by atoms with E-state index in [4.69, 9.17) is 0 Å². The molecule has 2 aliphatic heterocycles. The van der Waals surface area contributed by atoms with Crippen LogP contribution in [0.15, 0.2) is 18.5 Å². The highest BCUT2D eigenvalue weighted by atomic mass is 16.4. The molecule has 2 atom stereocenters. The summed E-state index contributed by atoms with van der Waals surface area (Å²) in [6.07, 6.45) is 5.60. The van der Waals surface area contributed by atoms with Crippen molar-refractivity contribution in [3.05, 3.63) is 24.0 Å². The molecule has 5 nitrogen and oxygen atoms in total. The molecule has 3 heterocycles. The molecule has 0 saturated carbocycles. The van der Waals surface area contributed by atoms with Gasteiger partial charge in [-0.1, -0.05) is 0 Å². The van der Waals surface area contributed by atoms with Crippen LogP contribution in [0.1, 0.15) is 30.1 Å². The van der Waals surface area contributed by atoms with Crippen molar-refractivity contribution in [1.82, 2.24) is 9.88 Å². The first-order valence-corrected chi connectivity index (χ1v) is 6.85. The Morgan fingerprint density at radius 1 is 1.47 bits per heavy atom. The lowest BCUT2D eigenvalue weighted by atomic mass is 10.1. The maximum Gasteiger partial charge on any atom is 0.339 e. The standard InChI is InChI=1S/C14H19N3O2/c1-10-8-16-6-2-3-11(16)9-17(10)13-4-5-15-7-12(13)14(18)19/h4-5,7,10-11H,2-3,6,8-9H2,1H3,(H,18,19). The normalized spacial score (nSPS) is 27.3. The van der Waals surface area contributed by atoms with Gasteiger partial charge in [-0.25, -0.2) is 4.79 Å². The van der Waals surface area contributed by atoms with Crippen molar-refractivity contribution in [1.29, 1.82) is 0 Å². The molecule has 0 bridgehead atoms. The summed E-state index contributed by atoms with van der Waals surface area (Å²) in [5.74, 6) is -0.899. The fourth-order valence-corrected chi connectivity index (χ4v) is 3.33. The van der Waals surface area contributed by atoms with E-state index in [1.54, 1.807) is 6.20 Å². The van der Waals surface area contributed by atoms with Crippen LogP contribution in [0.3, 0.4) is 0 Å². The molecule has 0 aliphatic carbocycles. The first kappa shape index (κ1) is 12.4. The van der Waals surface area contributed by atoms with E-state index in [1.165, 1.54) is 25.6 Å². The second-order valence-corrected chi connectivity index (χ2v) is 5.49. The molecule has 0 radical (unpaired) electrons. The van der Waals surface area contributed by atoms with E-state index in [-0.39, 0.29) is 0 Å². The number of rotatable bonds is 2. The summed E-state index contributed by atoms with van der Waals surface area (Å²) < 4.78 is 0. The Kier molecular flexibility index (Phi) is 3.14. The van der Waals surface area contributed by atoms with Crippen molar-refractivity contribution in [3.8, 4) is 0 Å². The van der Waals surface area contributed by atoms with Crippen LogP contribution >= 0.6 is 0 Å². The zero-order valence-electron chi connectivity index (χ0n) is 11.1. The van der Waals surface area contributed by atoms with Gasteiger partial charge in [-0.15, -0.1) is 0 Å². The van der Waals surface area contributed by atoms with Crippen LogP contribution in [-0.2, 0) is 0 Å². The number of anilines is 1. The topological polar surface area (TPSA) is 56.7 Å². The Hall–Kier alpha value is -1.62. The van der Waals surface area contributed by atoms with Crippen molar-refractivity contribution in [2.75, 3.05) is 24.5 Å². The van der Waals surface area contributed by atoms with Crippen molar-refractivity contribution in [2.24, 2.45) is 0 Å². The van der Waals surface area contributed by atoms with Crippen LogP contribution in [-0.4, -0.2) is 52.7 Å². The fourth-order valence-electron chi connectivity index (χ4n) is 3.33. The van der Waals surface area contributed by atoms with Gasteiger partial charge in [-0.05, 0) is 32.4 Å². The highest BCUT2D eigenvalue weighted by molar-refractivity contribution is 5.94. The molecule has 0 aromatic carbocycles. The van der Waals surface area contributed by atoms with Crippen molar-refractivity contribution >= 4 is 11.7 Å². The molecule has 2 aliphatic rings. The van der Waals surface area contributed by atoms with E-state index in [2.05, 4.69) is 21.7 Å². The number of pyridine rings is 1.